The summed E-state index contributed by atoms with van der Waals surface area (Å²) in [6.07, 6.45) is 5.26. The maximum atomic E-state index is 5.91. The van der Waals surface area contributed by atoms with Gasteiger partial charge in [0.15, 0.2) is 5.76 Å². The highest BCUT2D eigenvalue weighted by Crippen LogP contribution is 2.22. The number of hydrogen-bond donors (Lipinski definition) is 1. The van der Waals surface area contributed by atoms with E-state index in [0.717, 1.165) is 43.2 Å². The third-order valence-electron chi connectivity index (χ3n) is 3.29. The summed E-state index contributed by atoms with van der Waals surface area (Å²) >= 11 is 0. The average molecular weight is 244 g/mol. The SMILES string of the molecule is NC1CCN(c2cc(-c3ccco3)ncn2)CC1. The molecular weight excluding hydrogens is 228 g/mol. The van der Waals surface area contributed by atoms with Crippen molar-refractivity contribution in [1.82, 2.24) is 9.97 Å². The maximum Gasteiger partial charge on any atom is 0.152 e. The zero-order valence-electron chi connectivity index (χ0n) is 10.1. The zero-order chi connectivity index (χ0) is 12.4. The van der Waals surface area contributed by atoms with Crippen molar-refractivity contribution in [2.75, 3.05) is 18.0 Å². The summed E-state index contributed by atoms with van der Waals surface area (Å²) in [5.41, 5.74) is 6.73. The van der Waals surface area contributed by atoms with E-state index in [2.05, 4.69) is 14.9 Å². The molecule has 1 aliphatic rings. The van der Waals surface area contributed by atoms with E-state index in [1.54, 1.807) is 12.6 Å². The van der Waals surface area contributed by atoms with Crippen LogP contribution in [0.1, 0.15) is 12.8 Å². The van der Waals surface area contributed by atoms with E-state index >= 15 is 0 Å². The van der Waals surface area contributed by atoms with Gasteiger partial charge in [-0.3, -0.25) is 0 Å². The number of piperidine rings is 1. The van der Waals surface area contributed by atoms with Gasteiger partial charge in [0.05, 0.1) is 6.26 Å². The van der Waals surface area contributed by atoms with Gasteiger partial charge in [0.2, 0.25) is 0 Å². The molecule has 0 radical (unpaired) electrons. The Balaban J connectivity index is 1.83. The lowest BCUT2D eigenvalue weighted by Crippen LogP contribution is -2.40. The molecule has 0 aliphatic carbocycles. The van der Waals surface area contributed by atoms with Gasteiger partial charge in [0.1, 0.15) is 17.8 Å². The van der Waals surface area contributed by atoms with Crippen LogP contribution in [0.15, 0.2) is 35.2 Å². The third-order valence-corrected chi connectivity index (χ3v) is 3.29. The van der Waals surface area contributed by atoms with E-state index in [0.29, 0.717) is 6.04 Å². The number of rotatable bonds is 2. The number of anilines is 1. The molecule has 2 aromatic heterocycles. The number of nitrogens with zero attached hydrogens (tertiary/aromatic N) is 3. The first kappa shape index (κ1) is 11.2. The lowest BCUT2D eigenvalue weighted by atomic mass is 10.1. The Hall–Kier alpha value is -1.88. The van der Waals surface area contributed by atoms with E-state index in [-0.39, 0.29) is 0 Å². The van der Waals surface area contributed by atoms with Gasteiger partial charge in [0, 0.05) is 25.2 Å². The van der Waals surface area contributed by atoms with Gasteiger partial charge < -0.3 is 15.1 Å². The number of furan rings is 1. The highest BCUT2D eigenvalue weighted by molar-refractivity contribution is 5.57. The lowest BCUT2D eigenvalue weighted by molar-refractivity contribution is 0.498. The van der Waals surface area contributed by atoms with Gasteiger partial charge in [0.25, 0.3) is 0 Å². The Morgan fingerprint density at radius 3 is 2.83 bits per heavy atom. The Kier molecular flexibility index (Phi) is 2.98. The first-order valence-corrected chi connectivity index (χ1v) is 6.19. The van der Waals surface area contributed by atoms with Crippen LogP contribution < -0.4 is 10.6 Å². The molecule has 0 saturated carbocycles. The normalized spacial score (nSPS) is 17.1. The highest BCUT2D eigenvalue weighted by atomic mass is 16.3. The van der Waals surface area contributed by atoms with Crippen molar-refractivity contribution in [3.63, 3.8) is 0 Å². The molecule has 18 heavy (non-hydrogen) atoms. The van der Waals surface area contributed by atoms with Crippen molar-refractivity contribution in [3.8, 4) is 11.5 Å². The Morgan fingerprint density at radius 1 is 1.28 bits per heavy atom. The number of aromatic nitrogens is 2. The largest absolute Gasteiger partial charge is 0.463 e. The summed E-state index contributed by atoms with van der Waals surface area (Å²) in [5, 5.41) is 0. The molecular formula is C13H16N4O. The minimum Gasteiger partial charge on any atom is -0.463 e. The topological polar surface area (TPSA) is 68.2 Å². The van der Waals surface area contributed by atoms with Crippen LogP contribution in [0.25, 0.3) is 11.5 Å². The molecule has 1 saturated heterocycles. The van der Waals surface area contributed by atoms with Crippen LogP contribution >= 0.6 is 0 Å². The Labute approximate surface area is 106 Å². The number of nitrogens with two attached hydrogens (primary N) is 1. The molecule has 1 fully saturated rings. The Bertz CT molecular complexity index is 503. The molecule has 0 bridgehead atoms. The molecule has 0 aromatic carbocycles. The van der Waals surface area contributed by atoms with Crippen molar-refractivity contribution in [2.45, 2.75) is 18.9 Å². The minimum atomic E-state index is 0.327. The second kappa shape index (κ2) is 4.78. The maximum absolute atomic E-state index is 5.91. The predicted octanol–water partition coefficient (Wildman–Crippen LogP) is 1.66. The molecule has 5 nitrogen and oxygen atoms in total. The molecule has 5 heteroatoms. The second-order valence-electron chi connectivity index (χ2n) is 4.56. The summed E-state index contributed by atoms with van der Waals surface area (Å²) in [5.74, 6) is 1.72. The van der Waals surface area contributed by atoms with E-state index in [4.69, 9.17) is 10.2 Å². The van der Waals surface area contributed by atoms with E-state index in [1.807, 2.05) is 18.2 Å². The number of hydrogen-bond acceptors (Lipinski definition) is 5. The zero-order valence-corrected chi connectivity index (χ0v) is 10.1. The van der Waals surface area contributed by atoms with Crippen LogP contribution in [0.3, 0.4) is 0 Å². The van der Waals surface area contributed by atoms with Crippen LogP contribution in [-0.4, -0.2) is 29.1 Å². The standard InChI is InChI=1S/C13H16N4O/c14-10-3-5-17(6-4-10)13-8-11(15-9-16-13)12-2-1-7-18-12/h1-2,7-10H,3-6,14H2. The first-order chi connectivity index (χ1) is 8.83. The Morgan fingerprint density at radius 2 is 2.11 bits per heavy atom. The van der Waals surface area contributed by atoms with Crippen molar-refractivity contribution in [3.05, 3.63) is 30.8 Å². The third kappa shape index (κ3) is 2.22. The van der Waals surface area contributed by atoms with Gasteiger partial charge in [-0.2, -0.15) is 0 Å². The van der Waals surface area contributed by atoms with Gasteiger partial charge >= 0.3 is 0 Å². The molecule has 0 atom stereocenters. The summed E-state index contributed by atoms with van der Waals surface area (Å²) in [4.78, 5) is 10.8. The smallest absolute Gasteiger partial charge is 0.152 e. The predicted molar refractivity (Wildman–Crippen MR) is 69.2 cm³/mol. The summed E-state index contributed by atoms with van der Waals surface area (Å²) in [6.45, 7) is 1.91. The molecule has 0 amide bonds. The van der Waals surface area contributed by atoms with Crippen molar-refractivity contribution < 1.29 is 4.42 Å². The van der Waals surface area contributed by atoms with Crippen molar-refractivity contribution in [1.29, 1.82) is 0 Å². The molecule has 0 unspecified atom stereocenters. The van der Waals surface area contributed by atoms with Crippen LogP contribution in [-0.2, 0) is 0 Å². The van der Waals surface area contributed by atoms with Gasteiger partial charge in [-0.1, -0.05) is 0 Å². The molecule has 3 rings (SSSR count). The van der Waals surface area contributed by atoms with E-state index in [1.165, 1.54) is 0 Å². The summed E-state index contributed by atoms with van der Waals surface area (Å²) in [6, 6.07) is 6.05. The van der Waals surface area contributed by atoms with Gasteiger partial charge in [-0.05, 0) is 25.0 Å². The highest BCUT2D eigenvalue weighted by Gasteiger charge is 2.18. The summed E-state index contributed by atoms with van der Waals surface area (Å²) in [7, 11) is 0. The first-order valence-electron chi connectivity index (χ1n) is 6.19. The van der Waals surface area contributed by atoms with Crippen molar-refractivity contribution in [2.24, 2.45) is 5.73 Å². The average Bonchev–Trinajstić information content (AvgIpc) is 2.94. The summed E-state index contributed by atoms with van der Waals surface area (Å²) < 4.78 is 5.35. The molecule has 2 N–H and O–H groups in total. The van der Waals surface area contributed by atoms with Gasteiger partial charge in [-0.15, -0.1) is 0 Å². The van der Waals surface area contributed by atoms with E-state index < -0.39 is 0 Å². The molecule has 2 aromatic rings. The van der Waals surface area contributed by atoms with Crippen LogP contribution in [0.4, 0.5) is 5.82 Å². The van der Waals surface area contributed by atoms with Crippen molar-refractivity contribution >= 4 is 5.82 Å². The monoisotopic (exact) mass is 244 g/mol. The second-order valence-corrected chi connectivity index (χ2v) is 4.56. The van der Waals surface area contributed by atoms with Gasteiger partial charge in [-0.25, -0.2) is 9.97 Å². The van der Waals surface area contributed by atoms with Crippen LogP contribution in [0.2, 0.25) is 0 Å². The fraction of sp³-hybridized carbons (Fsp3) is 0.385. The van der Waals surface area contributed by atoms with Crippen LogP contribution in [0, 0.1) is 0 Å². The molecule has 1 aliphatic heterocycles. The minimum absolute atomic E-state index is 0.327. The van der Waals surface area contributed by atoms with Crippen LogP contribution in [0.5, 0.6) is 0 Å². The fourth-order valence-corrected chi connectivity index (χ4v) is 2.21. The van der Waals surface area contributed by atoms with E-state index in [9.17, 15) is 0 Å². The fourth-order valence-electron chi connectivity index (χ4n) is 2.21. The molecule has 0 spiro atoms. The molecule has 3 heterocycles. The lowest BCUT2D eigenvalue weighted by Gasteiger charge is -2.30. The molecule has 94 valence electrons. The quantitative estimate of drug-likeness (QED) is 0.870.